The molecule has 1 atom stereocenters. The van der Waals surface area contributed by atoms with Crippen LogP contribution in [0.2, 0.25) is 0 Å². The second kappa shape index (κ2) is 2.54. The molecule has 0 aliphatic heterocycles. The van der Waals surface area contributed by atoms with Crippen LogP contribution < -0.4 is 0 Å². The first kappa shape index (κ1) is 7.48. The summed E-state index contributed by atoms with van der Waals surface area (Å²) in [4.78, 5) is 10.1. The van der Waals surface area contributed by atoms with Gasteiger partial charge in [0.25, 0.3) is 0 Å². The van der Waals surface area contributed by atoms with Crippen molar-refractivity contribution < 1.29 is 9.18 Å². The van der Waals surface area contributed by atoms with Crippen LogP contribution in [0.3, 0.4) is 0 Å². The Hall–Kier alpha value is -0.630. The highest BCUT2D eigenvalue weighted by Gasteiger charge is 2.25. The van der Waals surface area contributed by atoms with E-state index in [1.807, 2.05) is 0 Å². The predicted octanol–water partition coefficient (Wildman–Crippen LogP) is 1.98. The van der Waals surface area contributed by atoms with Gasteiger partial charge >= 0.3 is 0 Å². The van der Waals surface area contributed by atoms with E-state index >= 15 is 0 Å². The van der Waals surface area contributed by atoms with E-state index in [0.29, 0.717) is 11.9 Å². The van der Waals surface area contributed by atoms with Crippen molar-refractivity contribution >= 4 is 17.9 Å². The van der Waals surface area contributed by atoms with Crippen LogP contribution in [0.25, 0.3) is 0 Å². The van der Waals surface area contributed by atoms with E-state index in [2.05, 4.69) is 0 Å². The Bertz CT molecular complexity index is 206. The normalized spacial score (nSPS) is 31.6. The lowest BCUT2D eigenvalue weighted by Crippen LogP contribution is -2.14. The minimum atomic E-state index is -1.86. The Morgan fingerprint density at radius 3 is 2.90 bits per heavy atom. The number of carbonyl (C=O) groups is 1. The van der Waals surface area contributed by atoms with Crippen molar-refractivity contribution in [2.75, 3.05) is 0 Å². The number of rotatable bonds is 1. The van der Waals surface area contributed by atoms with E-state index in [-0.39, 0.29) is 6.42 Å². The molecule has 0 fully saturated rings. The van der Waals surface area contributed by atoms with Crippen LogP contribution in [-0.2, 0) is 4.79 Å². The second-order valence-corrected chi connectivity index (χ2v) is 2.78. The largest absolute Gasteiger partial charge is 0.298 e. The molecule has 0 N–H and O–H groups in total. The Morgan fingerprint density at radius 2 is 2.50 bits per heavy atom. The van der Waals surface area contributed by atoms with Gasteiger partial charge in [-0.15, -0.1) is 0 Å². The lowest BCUT2D eigenvalue weighted by molar-refractivity contribution is -0.105. The average Bonchev–Trinajstić information content (AvgIpc) is 1.86. The highest BCUT2D eigenvalue weighted by atomic mass is 35.5. The van der Waals surface area contributed by atoms with Crippen molar-refractivity contribution in [1.29, 1.82) is 0 Å². The molecule has 0 aromatic carbocycles. The van der Waals surface area contributed by atoms with Crippen molar-refractivity contribution in [1.82, 2.24) is 0 Å². The topological polar surface area (TPSA) is 17.1 Å². The molecule has 1 unspecified atom stereocenters. The summed E-state index contributed by atoms with van der Waals surface area (Å²) in [6, 6.07) is 0. The molecule has 0 heterocycles. The molecule has 0 aromatic rings. The van der Waals surface area contributed by atoms with Gasteiger partial charge in [-0.2, -0.15) is 0 Å². The Balaban J connectivity index is 2.77. The van der Waals surface area contributed by atoms with Crippen LogP contribution >= 0.6 is 11.6 Å². The van der Waals surface area contributed by atoms with Crippen molar-refractivity contribution in [3.8, 4) is 0 Å². The summed E-state index contributed by atoms with van der Waals surface area (Å²) in [5, 5.41) is -1.86. The van der Waals surface area contributed by atoms with Crippen molar-refractivity contribution in [2.45, 2.75) is 11.5 Å². The van der Waals surface area contributed by atoms with Crippen LogP contribution in [0.1, 0.15) is 6.42 Å². The van der Waals surface area contributed by atoms with E-state index in [1.54, 1.807) is 6.08 Å². The maximum Gasteiger partial charge on any atom is 0.206 e. The summed E-state index contributed by atoms with van der Waals surface area (Å²) >= 11 is 5.29. The molecule has 1 aliphatic carbocycles. The molecule has 0 saturated heterocycles. The standard InChI is InChI=1S/C7H6ClFO/c8-7(9)3-1-2-6(4-7)5-10/h1-3,5H,4H2. The van der Waals surface area contributed by atoms with Gasteiger partial charge in [-0.25, -0.2) is 4.39 Å². The number of allylic oxidation sites excluding steroid dienone is 4. The molecule has 3 heteroatoms. The highest BCUT2D eigenvalue weighted by Crippen LogP contribution is 2.29. The van der Waals surface area contributed by atoms with Crippen LogP contribution in [0, 0.1) is 0 Å². The van der Waals surface area contributed by atoms with Crippen molar-refractivity contribution in [3.05, 3.63) is 23.8 Å². The fourth-order valence-electron chi connectivity index (χ4n) is 0.783. The molecule has 1 rings (SSSR count). The molecule has 0 bridgehead atoms. The average molecular weight is 161 g/mol. The number of hydrogen-bond donors (Lipinski definition) is 0. The number of aldehydes is 1. The highest BCUT2D eigenvalue weighted by molar-refractivity contribution is 6.24. The minimum Gasteiger partial charge on any atom is -0.298 e. The molecule has 54 valence electrons. The Kier molecular flexibility index (Phi) is 1.90. The number of alkyl halides is 2. The van der Waals surface area contributed by atoms with Gasteiger partial charge in [0.05, 0.1) is 0 Å². The predicted molar refractivity (Wildman–Crippen MR) is 37.6 cm³/mol. The maximum atomic E-state index is 12.8. The van der Waals surface area contributed by atoms with Gasteiger partial charge in [0.1, 0.15) is 6.29 Å². The van der Waals surface area contributed by atoms with Gasteiger partial charge < -0.3 is 0 Å². The molecule has 10 heavy (non-hydrogen) atoms. The summed E-state index contributed by atoms with van der Waals surface area (Å²) in [5.74, 6) is 0. The summed E-state index contributed by atoms with van der Waals surface area (Å²) in [5.41, 5.74) is 0.389. The summed E-state index contributed by atoms with van der Waals surface area (Å²) in [6.07, 6.45) is 4.80. The zero-order chi connectivity index (χ0) is 7.61. The molecular formula is C7H6ClFO. The molecule has 0 saturated carbocycles. The SMILES string of the molecule is O=CC1=CC=CC(F)(Cl)C1. The van der Waals surface area contributed by atoms with E-state index in [9.17, 15) is 9.18 Å². The number of halogens is 2. The third-order valence-corrected chi connectivity index (χ3v) is 1.50. The van der Waals surface area contributed by atoms with Gasteiger partial charge in [0.15, 0.2) is 0 Å². The first-order chi connectivity index (χ1) is 4.64. The molecule has 1 aliphatic rings. The van der Waals surface area contributed by atoms with Gasteiger partial charge in [-0.3, -0.25) is 4.79 Å². The molecule has 0 amide bonds. The number of hydrogen-bond acceptors (Lipinski definition) is 1. The monoisotopic (exact) mass is 160 g/mol. The quantitative estimate of drug-likeness (QED) is 0.424. The Morgan fingerprint density at radius 1 is 1.80 bits per heavy atom. The summed E-state index contributed by atoms with van der Waals surface area (Å²) < 4.78 is 12.8. The molecule has 0 aromatic heterocycles. The van der Waals surface area contributed by atoms with Crippen LogP contribution in [-0.4, -0.2) is 11.4 Å². The summed E-state index contributed by atoms with van der Waals surface area (Å²) in [6.45, 7) is 0. The molecule has 0 spiro atoms. The smallest absolute Gasteiger partial charge is 0.206 e. The second-order valence-electron chi connectivity index (χ2n) is 2.16. The van der Waals surface area contributed by atoms with Crippen LogP contribution in [0.15, 0.2) is 23.8 Å². The van der Waals surface area contributed by atoms with E-state index < -0.39 is 5.13 Å². The maximum absolute atomic E-state index is 12.8. The third kappa shape index (κ3) is 1.67. The summed E-state index contributed by atoms with van der Waals surface area (Å²) in [7, 11) is 0. The van der Waals surface area contributed by atoms with E-state index in [0.717, 1.165) is 0 Å². The Labute approximate surface area is 63.2 Å². The van der Waals surface area contributed by atoms with Gasteiger partial charge in [0.2, 0.25) is 5.13 Å². The van der Waals surface area contributed by atoms with Crippen molar-refractivity contribution in [3.63, 3.8) is 0 Å². The van der Waals surface area contributed by atoms with E-state index in [4.69, 9.17) is 11.6 Å². The number of carbonyl (C=O) groups excluding carboxylic acids is 1. The molecule has 0 radical (unpaired) electrons. The first-order valence-electron chi connectivity index (χ1n) is 2.85. The zero-order valence-corrected chi connectivity index (χ0v) is 5.94. The lowest BCUT2D eigenvalue weighted by atomic mass is 10.0. The van der Waals surface area contributed by atoms with Crippen molar-refractivity contribution in [2.24, 2.45) is 0 Å². The fourth-order valence-corrected chi connectivity index (χ4v) is 1.01. The molecular weight excluding hydrogens is 155 g/mol. The minimum absolute atomic E-state index is 0.0332. The van der Waals surface area contributed by atoms with Crippen LogP contribution in [0.4, 0.5) is 4.39 Å². The third-order valence-electron chi connectivity index (χ3n) is 1.24. The van der Waals surface area contributed by atoms with Crippen LogP contribution in [0.5, 0.6) is 0 Å². The van der Waals surface area contributed by atoms with Gasteiger partial charge in [-0.1, -0.05) is 23.8 Å². The van der Waals surface area contributed by atoms with Gasteiger partial charge in [0, 0.05) is 6.42 Å². The zero-order valence-electron chi connectivity index (χ0n) is 5.18. The first-order valence-corrected chi connectivity index (χ1v) is 3.23. The lowest BCUT2D eigenvalue weighted by Gasteiger charge is -2.15. The van der Waals surface area contributed by atoms with E-state index in [1.165, 1.54) is 12.2 Å². The fraction of sp³-hybridized carbons (Fsp3) is 0.286. The van der Waals surface area contributed by atoms with Gasteiger partial charge in [-0.05, 0) is 11.6 Å². The molecule has 1 nitrogen and oxygen atoms in total.